The highest BCUT2D eigenvalue weighted by molar-refractivity contribution is 5.88. The van der Waals surface area contributed by atoms with Crippen molar-refractivity contribution in [1.29, 1.82) is 0 Å². The Morgan fingerprint density at radius 2 is 1.80 bits per heavy atom. The Balaban J connectivity index is 1.48. The van der Waals surface area contributed by atoms with Crippen LogP contribution in [0.1, 0.15) is 22.7 Å². The number of aliphatic carboxylic acids is 1. The van der Waals surface area contributed by atoms with Crippen molar-refractivity contribution in [2.45, 2.75) is 18.4 Å². The van der Waals surface area contributed by atoms with Gasteiger partial charge in [-0.1, -0.05) is 54.6 Å². The van der Waals surface area contributed by atoms with Crippen LogP contribution in [0.3, 0.4) is 0 Å². The number of carboxylic acid groups (broad SMARTS) is 1. The van der Waals surface area contributed by atoms with Gasteiger partial charge in [0.05, 0.1) is 6.33 Å². The number of hydrogen-bond donors (Lipinski definition) is 3. The van der Waals surface area contributed by atoms with Crippen molar-refractivity contribution in [2.75, 3.05) is 19.7 Å². The van der Waals surface area contributed by atoms with Gasteiger partial charge in [0.15, 0.2) is 0 Å². The number of carboxylic acids is 1. The van der Waals surface area contributed by atoms with Crippen LogP contribution in [0.5, 0.6) is 0 Å². The molecule has 2 amide bonds. The van der Waals surface area contributed by atoms with Gasteiger partial charge in [0.1, 0.15) is 19.2 Å². The topological polar surface area (TPSA) is 125 Å². The summed E-state index contributed by atoms with van der Waals surface area (Å²) in [5.41, 5.74) is 4.97. The lowest BCUT2D eigenvalue weighted by atomic mass is 9.98. The lowest BCUT2D eigenvalue weighted by molar-refractivity contribution is -0.144. The van der Waals surface area contributed by atoms with Gasteiger partial charge in [-0.15, -0.1) is 6.58 Å². The van der Waals surface area contributed by atoms with Gasteiger partial charge >= 0.3 is 12.1 Å². The van der Waals surface area contributed by atoms with E-state index in [2.05, 4.69) is 21.9 Å². The SMILES string of the molecule is C=CCN(CC(=O)O)C(=O)C(Cc1cnc[nH]1)NC(=O)OCC1c2ccccc2-c2ccccc21. The first-order chi connectivity index (χ1) is 17.0. The van der Waals surface area contributed by atoms with Gasteiger partial charge in [-0.2, -0.15) is 0 Å². The van der Waals surface area contributed by atoms with E-state index in [4.69, 9.17) is 4.74 Å². The van der Waals surface area contributed by atoms with Crippen LogP contribution >= 0.6 is 0 Å². The van der Waals surface area contributed by atoms with E-state index in [1.54, 1.807) is 0 Å². The normalized spacial score (nSPS) is 12.8. The molecule has 0 radical (unpaired) electrons. The predicted octanol–water partition coefficient (Wildman–Crippen LogP) is 2.96. The predicted molar refractivity (Wildman–Crippen MR) is 129 cm³/mol. The second kappa shape index (κ2) is 10.7. The van der Waals surface area contributed by atoms with Crippen molar-refractivity contribution < 1.29 is 24.2 Å². The number of nitrogens with one attached hydrogen (secondary N) is 2. The smallest absolute Gasteiger partial charge is 0.407 e. The minimum Gasteiger partial charge on any atom is -0.480 e. The Hall–Kier alpha value is -4.40. The van der Waals surface area contributed by atoms with Crippen molar-refractivity contribution >= 4 is 18.0 Å². The summed E-state index contributed by atoms with van der Waals surface area (Å²) >= 11 is 0. The average Bonchev–Trinajstić information content (AvgIpc) is 3.47. The summed E-state index contributed by atoms with van der Waals surface area (Å²) < 4.78 is 5.58. The summed E-state index contributed by atoms with van der Waals surface area (Å²) in [7, 11) is 0. The molecule has 0 aliphatic heterocycles. The number of amides is 2. The zero-order chi connectivity index (χ0) is 24.8. The number of carbonyl (C=O) groups is 3. The van der Waals surface area contributed by atoms with Crippen LogP contribution in [-0.4, -0.2) is 63.7 Å². The molecule has 0 saturated heterocycles. The molecular formula is C26H26N4O5. The molecule has 2 aromatic carbocycles. The van der Waals surface area contributed by atoms with Crippen molar-refractivity contribution in [3.8, 4) is 11.1 Å². The molecule has 35 heavy (non-hydrogen) atoms. The zero-order valence-corrected chi connectivity index (χ0v) is 19.0. The van der Waals surface area contributed by atoms with Crippen LogP contribution in [-0.2, 0) is 20.7 Å². The molecule has 3 N–H and O–H groups in total. The molecular weight excluding hydrogens is 448 g/mol. The molecule has 1 aromatic heterocycles. The van der Waals surface area contributed by atoms with E-state index >= 15 is 0 Å². The number of aromatic nitrogens is 2. The fraction of sp³-hybridized carbons (Fsp3) is 0.231. The summed E-state index contributed by atoms with van der Waals surface area (Å²) in [5.74, 6) is -1.85. The van der Waals surface area contributed by atoms with Crippen LogP contribution in [0, 0.1) is 0 Å². The van der Waals surface area contributed by atoms with Crippen molar-refractivity contribution in [2.24, 2.45) is 0 Å². The molecule has 3 aromatic rings. The highest BCUT2D eigenvalue weighted by atomic mass is 16.5. The zero-order valence-electron chi connectivity index (χ0n) is 19.0. The second-order valence-corrected chi connectivity index (χ2v) is 8.20. The quantitative estimate of drug-likeness (QED) is 0.388. The number of fused-ring (bicyclic) bond motifs is 3. The van der Waals surface area contributed by atoms with E-state index in [1.165, 1.54) is 18.6 Å². The number of nitrogens with zero attached hydrogens (tertiary/aromatic N) is 2. The molecule has 0 saturated carbocycles. The van der Waals surface area contributed by atoms with Crippen molar-refractivity contribution in [3.05, 3.63) is 90.5 Å². The van der Waals surface area contributed by atoms with Gasteiger partial charge in [-0.25, -0.2) is 9.78 Å². The summed E-state index contributed by atoms with van der Waals surface area (Å²) in [6.45, 7) is 3.18. The van der Waals surface area contributed by atoms with Gasteiger partial charge < -0.3 is 25.0 Å². The molecule has 9 nitrogen and oxygen atoms in total. The molecule has 1 heterocycles. The second-order valence-electron chi connectivity index (χ2n) is 8.20. The van der Waals surface area contributed by atoms with Gasteiger partial charge in [0.25, 0.3) is 0 Å². The molecule has 1 unspecified atom stereocenters. The number of benzene rings is 2. The van der Waals surface area contributed by atoms with Crippen LogP contribution in [0.15, 0.2) is 73.7 Å². The van der Waals surface area contributed by atoms with E-state index in [1.807, 2.05) is 48.5 Å². The Morgan fingerprint density at radius 3 is 2.37 bits per heavy atom. The standard InChI is InChI=1S/C26H26N4O5/c1-2-11-30(14-24(31)32)25(33)23(12-17-13-27-16-28-17)29-26(34)35-15-22-20-9-5-3-7-18(20)19-8-4-6-10-21(19)22/h2-10,13,16,22-23H,1,11-12,14-15H2,(H,27,28)(H,29,34)(H,31,32). The molecule has 1 atom stereocenters. The number of alkyl carbamates (subject to hydrolysis) is 1. The maximum absolute atomic E-state index is 13.1. The average molecular weight is 475 g/mol. The third kappa shape index (κ3) is 5.40. The van der Waals surface area contributed by atoms with Crippen LogP contribution in [0.2, 0.25) is 0 Å². The third-order valence-electron chi connectivity index (χ3n) is 5.90. The number of ether oxygens (including phenoxy) is 1. The number of imidazole rings is 1. The van der Waals surface area contributed by atoms with Gasteiger partial charge in [-0.3, -0.25) is 9.59 Å². The summed E-state index contributed by atoms with van der Waals surface area (Å²) in [4.78, 5) is 45.1. The number of aromatic amines is 1. The maximum atomic E-state index is 13.1. The number of H-pyrrole nitrogens is 1. The molecule has 0 bridgehead atoms. The molecule has 1 aliphatic rings. The van der Waals surface area contributed by atoms with E-state index in [0.29, 0.717) is 5.69 Å². The van der Waals surface area contributed by atoms with E-state index in [0.717, 1.165) is 27.2 Å². The van der Waals surface area contributed by atoms with Gasteiger partial charge in [0, 0.05) is 30.8 Å². The molecule has 9 heteroatoms. The Morgan fingerprint density at radius 1 is 1.14 bits per heavy atom. The van der Waals surface area contributed by atoms with E-state index < -0.39 is 30.6 Å². The Labute approximate surface area is 202 Å². The van der Waals surface area contributed by atoms with Gasteiger partial charge in [-0.05, 0) is 22.3 Å². The number of hydrogen-bond acceptors (Lipinski definition) is 5. The first-order valence-corrected chi connectivity index (χ1v) is 11.2. The van der Waals surface area contributed by atoms with Gasteiger partial charge in [0.2, 0.25) is 5.91 Å². The first-order valence-electron chi connectivity index (χ1n) is 11.2. The summed E-state index contributed by atoms with van der Waals surface area (Å²) in [6.07, 6.45) is 3.76. The fourth-order valence-corrected chi connectivity index (χ4v) is 4.37. The fourth-order valence-electron chi connectivity index (χ4n) is 4.37. The van der Waals surface area contributed by atoms with Crippen LogP contribution in [0.4, 0.5) is 4.79 Å². The minimum atomic E-state index is -1.17. The van der Waals surface area contributed by atoms with Crippen molar-refractivity contribution in [3.63, 3.8) is 0 Å². The Kier molecular flexibility index (Phi) is 7.25. The van der Waals surface area contributed by atoms with Crippen LogP contribution in [0.25, 0.3) is 11.1 Å². The molecule has 1 aliphatic carbocycles. The highest BCUT2D eigenvalue weighted by Crippen LogP contribution is 2.44. The lowest BCUT2D eigenvalue weighted by Crippen LogP contribution is -2.51. The molecule has 0 fully saturated rings. The molecule has 0 spiro atoms. The molecule has 4 rings (SSSR count). The molecule has 180 valence electrons. The van der Waals surface area contributed by atoms with Crippen LogP contribution < -0.4 is 5.32 Å². The first kappa shape index (κ1) is 23.7. The highest BCUT2D eigenvalue weighted by Gasteiger charge is 2.31. The summed E-state index contributed by atoms with van der Waals surface area (Å²) in [6, 6.07) is 14.9. The lowest BCUT2D eigenvalue weighted by Gasteiger charge is -2.25. The monoisotopic (exact) mass is 474 g/mol. The van der Waals surface area contributed by atoms with Crippen molar-refractivity contribution in [1.82, 2.24) is 20.2 Å². The van der Waals surface area contributed by atoms with E-state index in [-0.39, 0.29) is 25.5 Å². The number of carbonyl (C=O) groups excluding carboxylic acids is 2. The maximum Gasteiger partial charge on any atom is 0.407 e. The summed E-state index contributed by atoms with van der Waals surface area (Å²) in [5, 5.41) is 11.8. The largest absolute Gasteiger partial charge is 0.480 e. The Bertz CT molecular complexity index is 1180. The van der Waals surface area contributed by atoms with E-state index in [9.17, 15) is 19.5 Å². The third-order valence-corrected chi connectivity index (χ3v) is 5.90. The number of rotatable bonds is 10. The minimum absolute atomic E-state index is 0.0248.